The molecule has 1 saturated carbocycles. The van der Waals surface area contributed by atoms with Gasteiger partial charge in [-0.15, -0.1) is 0 Å². The topological polar surface area (TPSA) is 55.5 Å². The molecule has 3 N–H and O–H groups in total. The number of benzene rings is 1. The normalized spacial score (nSPS) is 18.1. The van der Waals surface area contributed by atoms with Crippen LogP contribution < -0.4 is 5.90 Å². The number of aromatic hydroxyl groups is 1. The summed E-state index contributed by atoms with van der Waals surface area (Å²) in [5.41, 5.74) is 1.26. The Labute approximate surface area is 91.0 Å². The van der Waals surface area contributed by atoms with Crippen LogP contribution in [0.25, 0.3) is 0 Å². The first-order valence-electron chi connectivity index (χ1n) is 4.49. The molecule has 1 aliphatic carbocycles. The van der Waals surface area contributed by atoms with E-state index in [1.165, 1.54) is 5.56 Å². The molecule has 1 aromatic rings. The van der Waals surface area contributed by atoms with Crippen LogP contribution in [-0.2, 0) is 10.3 Å². The van der Waals surface area contributed by atoms with Crippen LogP contribution >= 0.6 is 15.9 Å². The van der Waals surface area contributed by atoms with Crippen LogP contribution in [0.15, 0.2) is 22.7 Å². The third-order valence-corrected chi connectivity index (χ3v) is 3.41. The maximum absolute atomic E-state index is 9.36. The molecule has 0 aliphatic heterocycles. The fourth-order valence-corrected chi connectivity index (χ4v) is 2.04. The Morgan fingerprint density at radius 3 is 2.71 bits per heavy atom. The Morgan fingerprint density at radius 1 is 1.50 bits per heavy atom. The monoisotopic (exact) mass is 257 g/mol. The molecule has 14 heavy (non-hydrogen) atoms. The van der Waals surface area contributed by atoms with Gasteiger partial charge in [-0.2, -0.15) is 0 Å². The van der Waals surface area contributed by atoms with Gasteiger partial charge in [0.2, 0.25) is 0 Å². The number of nitrogens with two attached hydrogens (primary N) is 1. The summed E-state index contributed by atoms with van der Waals surface area (Å²) in [6.45, 7) is 0.546. The van der Waals surface area contributed by atoms with Gasteiger partial charge in [-0.25, -0.2) is 5.90 Å². The molecule has 3 nitrogen and oxygen atoms in total. The highest BCUT2D eigenvalue weighted by Gasteiger charge is 2.44. The Hall–Kier alpha value is -0.580. The zero-order valence-corrected chi connectivity index (χ0v) is 9.25. The second-order valence-corrected chi connectivity index (χ2v) is 4.61. The average Bonchev–Trinajstić information content (AvgIpc) is 2.91. The summed E-state index contributed by atoms with van der Waals surface area (Å²) in [7, 11) is 0. The van der Waals surface area contributed by atoms with E-state index in [0.717, 1.165) is 17.3 Å². The summed E-state index contributed by atoms with van der Waals surface area (Å²) in [5, 5.41) is 9.36. The van der Waals surface area contributed by atoms with E-state index in [1.807, 2.05) is 12.1 Å². The SMILES string of the molecule is NOCC1(c2ccc(O)c(Br)c2)CC1. The van der Waals surface area contributed by atoms with Gasteiger partial charge >= 0.3 is 0 Å². The van der Waals surface area contributed by atoms with Crippen molar-refractivity contribution in [2.75, 3.05) is 6.61 Å². The first-order valence-corrected chi connectivity index (χ1v) is 5.28. The predicted molar refractivity (Wildman–Crippen MR) is 56.9 cm³/mol. The number of halogens is 1. The molecular formula is C10H12BrNO2. The molecule has 0 unspecified atom stereocenters. The Bertz CT molecular complexity index is 350. The Kier molecular flexibility index (Phi) is 2.51. The van der Waals surface area contributed by atoms with Gasteiger partial charge in [-0.1, -0.05) is 6.07 Å². The fraction of sp³-hybridized carbons (Fsp3) is 0.400. The maximum atomic E-state index is 9.36. The number of hydrogen-bond acceptors (Lipinski definition) is 3. The summed E-state index contributed by atoms with van der Waals surface area (Å²) in [4.78, 5) is 4.72. The van der Waals surface area contributed by atoms with Crippen molar-refractivity contribution >= 4 is 15.9 Å². The van der Waals surface area contributed by atoms with E-state index >= 15 is 0 Å². The number of phenols is 1. The smallest absolute Gasteiger partial charge is 0.129 e. The van der Waals surface area contributed by atoms with Crippen LogP contribution in [0, 0.1) is 0 Å². The van der Waals surface area contributed by atoms with Gasteiger partial charge in [0.25, 0.3) is 0 Å². The van der Waals surface area contributed by atoms with Crippen LogP contribution in [0.1, 0.15) is 18.4 Å². The summed E-state index contributed by atoms with van der Waals surface area (Å²) in [5.74, 6) is 5.36. The molecule has 0 bridgehead atoms. The van der Waals surface area contributed by atoms with E-state index in [-0.39, 0.29) is 11.2 Å². The van der Waals surface area contributed by atoms with Crippen LogP contribution in [0.3, 0.4) is 0 Å². The quantitative estimate of drug-likeness (QED) is 0.816. The van der Waals surface area contributed by atoms with Crippen molar-refractivity contribution < 1.29 is 9.94 Å². The third kappa shape index (κ3) is 1.65. The van der Waals surface area contributed by atoms with Crippen molar-refractivity contribution in [2.45, 2.75) is 18.3 Å². The largest absolute Gasteiger partial charge is 0.507 e. The molecule has 1 aliphatic rings. The highest BCUT2D eigenvalue weighted by Crippen LogP contribution is 2.49. The standard InChI is InChI=1S/C10H12BrNO2/c11-8-5-7(1-2-9(8)13)10(3-4-10)6-14-12/h1-2,5,13H,3-4,6,12H2. The lowest BCUT2D eigenvalue weighted by Crippen LogP contribution is -2.17. The minimum absolute atomic E-state index is 0.0883. The van der Waals surface area contributed by atoms with E-state index in [0.29, 0.717) is 6.61 Å². The average molecular weight is 258 g/mol. The summed E-state index contributed by atoms with van der Waals surface area (Å²) in [6.07, 6.45) is 2.20. The highest BCUT2D eigenvalue weighted by atomic mass is 79.9. The molecule has 0 spiro atoms. The fourth-order valence-electron chi connectivity index (χ4n) is 1.66. The molecule has 1 fully saturated rings. The molecule has 0 saturated heterocycles. The second-order valence-electron chi connectivity index (χ2n) is 3.76. The summed E-state index contributed by atoms with van der Waals surface area (Å²) >= 11 is 3.30. The van der Waals surface area contributed by atoms with Crippen molar-refractivity contribution in [3.63, 3.8) is 0 Å². The van der Waals surface area contributed by atoms with Gasteiger partial charge in [0.15, 0.2) is 0 Å². The van der Waals surface area contributed by atoms with Crippen LogP contribution in [0.2, 0.25) is 0 Å². The molecule has 0 aromatic heterocycles. The van der Waals surface area contributed by atoms with Crippen molar-refractivity contribution in [3.05, 3.63) is 28.2 Å². The lowest BCUT2D eigenvalue weighted by atomic mass is 9.97. The zero-order chi connectivity index (χ0) is 10.2. The molecule has 2 rings (SSSR count). The van der Waals surface area contributed by atoms with E-state index in [9.17, 15) is 5.11 Å². The van der Waals surface area contributed by atoms with E-state index in [1.54, 1.807) is 6.07 Å². The van der Waals surface area contributed by atoms with E-state index in [4.69, 9.17) is 10.7 Å². The molecule has 0 atom stereocenters. The molecule has 0 heterocycles. The molecule has 1 aromatic carbocycles. The van der Waals surface area contributed by atoms with Gasteiger partial charge in [-0.05, 0) is 46.5 Å². The van der Waals surface area contributed by atoms with Crippen LogP contribution in [0.4, 0.5) is 0 Å². The molecule has 76 valence electrons. The number of hydrogen-bond donors (Lipinski definition) is 2. The molecule has 0 radical (unpaired) electrons. The predicted octanol–water partition coefficient (Wildman–Crippen LogP) is 2.08. The van der Waals surface area contributed by atoms with Crippen molar-refractivity contribution in [1.82, 2.24) is 0 Å². The van der Waals surface area contributed by atoms with Crippen molar-refractivity contribution in [3.8, 4) is 5.75 Å². The highest BCUT2D eigenvalue weighted by molar-refractivity contribution is 9.10. The number of phenolic OH excluding ortho intramolecular Hbond substituents is 1. The lowest BCUT2D eigenvalue weighted by molar-refractivity contribution is 0.116. The van der Waals surface area contributed by atoms with Crippen LogP contribution in [-0.4, -0.2) is 11.7 Å². The minimum Gasteiger partial charge on any atom is -0.507 e. The zero-order valence-electron chi connectivity index (χ0n) is 7.66. The lowest BCUT2D eigenvalue weighted by Gasteiger charge is -2.14. The van der Waals surface area contributed by atoms with Crippen molar-refractivity contribution in [2.24, 2.45) is 5.90 Å². The second kappa shape index (κ2) is 3.53. The first-order chi connectivity index (χ1) is 6.68. The number of rotatable bonds is 3. The molecule has 4 heteroatoms. The summed E-state index contributed by atoms with van der Waals surface area (Å²) in [6, 6.07) is 5.55. The van der Waals surface area contributed by atoms with Gasteiger partial charge in [0.1, 0.15) is 5.75 Å². The minimum atomic E-state index is 0.0883. The van der Waals surface area contributed by atoms with Crippen molar-refractivity contribution in [1.29, 1.82) is 0 Å². The molecular weight excluding hydrogens is 246 g/mol. The van der Waals surface area contributed by atoms with E-state index < -0.39 is 0 Å². The van der Waals surface area contributed by atoms with Gasteiger partial charge < -0.3 is 9.94 Å². The van der Waals surface area contributed by atoms with Gasteiger partial charge in [0.05, 0.1) is 11.1 Å². The third-order valence-electron chi connectivity index (χ3n) is 2.77. The Balaban J connectivity index is 2.28. The Morgan fingerprint density at radius 2 is 2.21 bits per heavy atom. The summed E-state index contributed by atoms with van der Waals surface area (Å²) < 4.78 is 0.721. The van der Waals surface area contributed by atoms with Gasteiger partial charge in [0, 0.05) is 5.41 Å². The first kappa shape index (κ1) is 9.96. The maximum Gasteiger partial charge on any atom is 0.129 e. The van der Waals surface area contributed by atoms with Crippen LogP contribution in [0.5, 0.6) is 5.75 Å². The van der Waals surface area contributed by atoms with E-state index in [2.05, 4.69) is 15.9 Å². The van der Waals surface area contributed by atoms with Gasteiger partial charge in [-0.3, -0.25) is 0 Å². The molecule has 0 amide bonds.